The van der Waals surface area contributed by atoms with E-state index in [1.54, 1.807) is 13.1 Å². The molecule has 7 heteroatoms. The largest absolute Gasteiger partial charge is 0.481 e. The molecule has 3 aromatic rings. The van der Waals surface area contributed by atoms with Crippen molar-refractivity contribution in [1.82, 2.24) is 10.1 Å². The van der Waals surface area contributed by atoms with E-state index in [1.165, 1.54) is 4.90 Å². The van der Waals surface area contributed by atoms with Crippen LogP contribution in [0.3, 0.4) is 0 Å². The van der Waals surface area contributed by atoms with Crippen molar-refractivity contribution >= 4 is 17.6 Å². The Morgan fingerprint density at radius 1 is 1.10 bits per heavy atom. The van der Waals surface area contributed by atoms with Crippen molar-refractivity contribution in [3.63, 3.8) is 0 Å². The molecule has 4 rings (SSSR count). The first-order chi connectivity index (χ1) is 14.0. The number of aliphatic carboxylic acids is 1. The molecule has 1 fully saturated rings. The van der Waals surface area contributed by atoms with Crippen LogP contribution in [0.1, 0.15) is 27.9 Å². The number of likely N-dealkylation sites (tertiary alicyclic amines) is 1. The number of para-hydroxylation sites is 1. The molecule has 0 spiro atoms. The first-order valence-electron chi connectivity index (χ1n) is 9.36. The van der Waals surface area contributed by atoms with E-state index in [0.29, 0.717) is 18.8 Å². The first-order valence-corrected chi connectivity index (χ1v) is 9.36. The highest BCUT2D eigenvalue weighted by atomic mass is 16.5. The van der Waals surface area contributed by atoms with Crippen molar-refractivity contribution < 1.29 is 19.2 Å². The summed E-state index contributed by atoms with van der Waals surface area (Å²) >= 11 is 0. The van der Waals surface area contributed by atoms with Gasteiger partial charge in [-0.25, -0.2) is 0 Å². The van der Waals surface area contributed by atoms with Crippen LogP contribution in [0.2, 0.25) is 0 Å². The van der Waals surface area contributed by atoms with Crippen LogP contribution < -0.4 is 4.90 Å². The summed E-state index contributed by atoms with van der Waals surface area (Å²) in [6.07, 6.45) is 0. The highest BCUT2D eigenvalue weighted by Crippen LogP contribution is 2.34. The minimum atomic E-state index is -0.800. The first kappa shape index (κ1) is 18.9. The number of aromatic nitrogens is 1. The second kappa shape index (κ2) is 7.89. The molecular weight excluding hydrogens is 370 g/mol. The maximum absolute atomic E-state index is 12.8. The number of benzene rings is 2. The van der Waals surface area contributed by atoms with Gasteiger partial charge >= 0.3 is 5.97 Å². The van der Waals surface area contributed by atoms with E-state index in [2.05, 4.69) is 5.16 Å². The number of carboxylic acid groups (broad SMARTS) is 1. The van der Waals surface area contributed by atoms with Gasteiger partial charge < -0.3 is 14.5 Å². The molecule has 2 heterocycles. The minimum Gasteiger partial charge on any atom is -0.481 e. The number of amides is 1. The maximum Gasteiger partial charge on any atom is 0.309 e. The molecule has 1 N–H and O–H groups in total. The Balaban J connectivity index is 1.59. The zero-order valence-electron chi connectivity index (χ0n) is 15.9. The number of nitrogens with zero attached hydrogens (tertiary/aromatic N) is 3. The number of carbonyl (C=O) groups is 2. The van der Waals surface area contributed by atoms with Gasteiger partial charge in [-0.1, -0.05) is 53.7 Å². The molecule has 1 amide bonds. The van der Waals surface area contributed by atoms with Crippen molar-refractivity contribution in [2.45, 2.75) is 6.04 Å². The SMILES string of the molecule is CN(C(=O)c1cc(C(c2ccccc2)N2CC(C(=O)O)C2)on1)c1ccccc1. The summed E-state index contributed by atoms with van der Waals surface area (Å²) in [6.45, 7) is 0.839. The summed E-state index contributed by atoms with van der Waals surface area (Å²) in [7, 11) is 1.69. The molecule has 0 bridgehead atoms. The summed E-state index contributed by atoms with van der Waals surface area (Å²) in [5.74, 6) is -0.949. The zero-order chi connectivity index (χ0) is 20.4. The molecule has 0 aliphatic carbocycles. The third-order valence-electron chi connectivity index (χ3n) is 5.20. The Morgan fingerprint density at radius 3 is 2.34 bits per heavy atom. The zero-order valence-corrected chi connectivity index (χ0v) is 15.9. The number of hydrogen-bond acceptors (Lipinski definition) is 5. The molecule has 1 aliphatic heterocycles. The van der Waals surface area contributed by atoms with Gasteiger partial charge in [0.1, 0.15) is 0 Å². The number of hydrogen-bond donors (Lipinski definition) is 1. The second-order valence-electron chi connectivity index (χ2n) is 7.12. The van der Waals surface area contributed by atoms with Crippen LogP contribution in [0, 0.1) is 5.92 Å². The summed E-state index contributed by atoms with van der Waals surface area (Å²) in [6, 6.07) is 20.3. The lowest BCUT2D eigenvalue weighted by Gasteiger charge is -2.41. The molecule has 7 nitrogen and oxygen atoms in total. The Bertz CT molecular complexity index is 997. The minimum absolute atomic E-state index is 0.211. The molecule has 148 valence electrons. The van der Waals surface area contributed by atoms with Crippen LogP contribution in [0.4, 0.5) is 5.69 Å². The molecule has 0 radical (unpaired) electrons. The molecule has 2 aromatic carbocycles. The molecule has 1 aromatic heterocycles. The quantitative estimate of drug-likeness (QED) is 0.695. The molecule has 29 heavy (non-hydrogen) atoms. The van der Waals surface area contributed by atoms with Crippen LogP contribution >= 0.6 is 0 Å². The van der Waals surface area contributed by atoms with E-state index in [0.717, 1.165) is 11.3 Å². The summed E-state index contributed by atoms with van der Waals surface area (Å²) < 4.78 is 5.55. The van der Waals surface area contributed by atoms with E-state index in [9.17, 15) is 14.7 Å². The van der Waals surface area contributed by atoms with Gasteiger partial charge in [-0.2, -0.15) is 0 Å². The van der Waals surface area contributed by atoms with Gasteiger partial charge in [0.05, 0.1) is 12.0 Å². The van der Waals surface area contributed by atoms with Crippen molar-refractivity contribution in [3.05, 3.63) is 83.7 Å². The topological polar surface area (TPSA) is 86.9 Å². The Labute approximate surface area is 168 Å². The number of carboxylic acids is 1. The predicted octanol–water partition coefficient (Wildman–Crippen LogP) is 3.06. The second-order valence-corrected chi connectivity index (χ2v) is 7.12. The van der Waals surface area contributed by atoms with Crippen molar-refractivity contribution in [1.29, 1.82) is 0 Å². The van der Waals surface area contributed by atoms with Gasteiger partial charge in [0.25, 0.3) is 5.91 Å². The molecule has 0 saturated carbocycles. The van der Waals surface area contributed by atoms with Gasteiger partial charge in [-0.3, -0.25) is 14.5 Å². The van der Waals surface area contributed by atoms with Crippen molar-refractivity contribution in [3.8, 4) is 0 Å². The number of carbonyl (C=O) groups excluding carboxylic acids is 1. The van der Waals surface area contributed by atoms with Gasteiger partial charge in [0.15, 0.2) is 11.5 Å². The smallest absolute Gasteiger partial charge is 0.309 e. The number of rotatable bonds is 6. The van der Waals surface area contributed by atoms with Gasteiger partial charge in [-0.15, -0.1) is 0 Å². The average molecular weight is 391 g/mol. The fourth-order valence-corrected chi connectivity index (χ4v) is 3.53. The van der Waals surface area contributed by atoms with E-state index in [-0.39, 0.29) is 17.6 Å². The highest BCUT2D eigenvalue weighted by Gasteiger charge is 2.39. The molecule has 1 aliphatic rings. The summed E-state index contributed by atoms with van der Waals surface area (Å²) in [5.41, 5.74) is 1.93. The van der Waals surface area contributed by atoms with Crippen molar-refractivity contribution in [2.24, 2.45) is 5.92 Å². The predicted molar refractivity (Wildman–Crippen MR) is 107 cm³/mol. The van der Waals surface area contributed by atoms with Crippen LogP contribution in [0.15, 0.2) is 71.3 Å². The average Bonchev–Trinajstić information content (AvgIpc) is 3.19. The fraction of sp³-hybridized carbons (Fsp3) is 0.227. The summed E-state index contributed by atoms with van der Waals surface area (Å²) in [4.78, 5) is 27.6. The highest BCUT2D eigenvalue weighted by molar-refractivity contribution is 6.04. The van der Waals surface area contributed by atoms with E-state index >= 15 is 0 Å². The molecule has 1 unspecified atom stereocenters. The summed E-state index contributed by atoms with van der Waals surface area (Å²) in [5, 5.41) is 13.2. The Morgan fingerprint density at radius 2 is 1.72 bits per heavy atom. The molecule has 1 saturated heterocycles. The van der Waals surface area contributed by atoms with Crippen molar-refractivity contribution in [2.75, 3.05) is 25.0 Å². The maximum atomic E-state index is 12.8. The lowest BCUT2D eigenvalue weighted by Crippen LogP contribution is -2.51. The van der Waals surface area contributed by atoms with Crippen LogP contribution in [-0.4, -0.2) is 47.2 Å². The van der Waals surface area contributed by atoms with E-state index < -0.39 is 11.9 Å². The monoisotopic (exact) mass is 391 g/mol. The Kier molecular flexibility index (Phi) is 5.14. The lowest BCUT2D eigenvalue weighted by atomic mass is 9.93. The van der Waals surface area contributed by atoms with Crippen LogP contribution in [0.5, 0.6) is 0 Å². The molecule has 1 atom stereocenters. The third kappa shape index (κ3) is 3.77. The normalized spacial score (nSPS) is 15.5. The Hall–Kier alpha value is -3.45. The van der Waals surface area contributed by atoms with E-state index in [1.807, 2.05) is 65.6 Å². The third-order valence-corrected chi connectivity index (χ3v) is 5.20. The number of anilines is 1. The van der Waals surface area contributed by atoms with Gasteiger partial charge in [0, 0.05) is 31.9 Å². The standard InChI is InChI=1S/C22H21N3O4/c1-24(17-10-6-3-7-11-17)21(26)18-12-19(29-23-18)20(15-8-4-2-5-9-15)25-13-16(14-25)22(27)28/h2-12,16,20H,13-14H2,1H3,(H,27,28). The fourth-order valence-electron chi connectivity index (χ4n) is 3.53. The van der Waals surface area contributed by atoms with E-state index in [4.69, 9.17) is 4.52 Å². The van der Waals surface area contributed by atoms with Crippen LogP contribution in [0.25, 0.3) is 0 Å². The van der Waals surface area contributed by atoms with Gasteiger partial charge in [0.2, 0.25) is 0 Å². The lowest BCUT2D eigenvalue weighted by molar-refractivity contribution is -0.148. The van der Waals surface area contributed by atoms with Gasteiger partial charge in [-0.05, 0) is 17.7 Å². The molecular formula is C22H21N3O4. The van der Waals surface area contributed by atoms with Crippen LogP contribution in [-0.2, 0) is 4.79 Å².